The minimum atomic E-state index is -0.429. The van der Waals surface area contributed by atoms with Crippen molar-refractivity contribution < 1.29 is 14.3 Å². The Balaban J connectivity index is 1.78. The quantitative estimate of drug-likeness (QED) is 0.524. The molecule has 0 aromatic carbocycles. The molecule has 0 saturated carbocycles. The van der Waals surface area contributed by atoms with Gasteiger partial charge < -0.3 is 9.30 Å². The third-order valence-corrected chi connectivity index (χ3v) is 4.68. The van der Waals surface area contributed by atoms with Gasteiger partial charge in [-0.1, -0.05) is 20.4 Å². The lowest BCUT2D eigenvalue weighted by atomic mass is 9.90. The van der Waals surface area contributed by atoms with Crippen LogP contribution in [-0.2, 0) is 28.9 Å². The fourth-order valence-corrected chi connectivity index (χ4v) is 3.57. The summed E-state index contributed by atoms with van der Waals surface area (Å²) in [6.07, 6.45) is 1.96. The van der Waals surface area contributed by atoms with Gasteiger partial charge in [-0.2, -0.15) is 0 Å². The third kappa shape index (κ3) is 2.77. The summed E-state index contributed by atoms with van der Waals surface area (Å²) in [6.45, 7) is 10.6. The number of amides is 1. The van der Waals surface area contributed by atoms with E-state index in [9.17, 15) is 9.59 Å². The average Bonchev–Trinajstić information content (AvgIpc) is 2.97. The summed E-state index contributed by atoms with van der Waals surface area (Å²) < 4.78 is 6.97. The zero-order valence-electron chi connectivity index (χ0n) is 14.4. The molecule has 1 aromatic heterocycles. The molecule has 1 N–H and O–H groups in total. The molecule has 1 aromatic rings. The number of aromatic nitrogens is 1. The molecule has 6 nitrogen and oxygen atoms in total. The van der Waals surface area contributed by atoms with E-state index in [1.807, 2.05) is 6.07 Å². The molecule has 0 radical (unpaired) electrons. The molecule has 0 saturated heterocycles. The van der Waals surface area contributed by atoms with Crippen LogP contribution in [0.4, 0.5) is 0 Å². The van der Waals surface area contributed by atoms with Crippen LogP contribution in [0.3, 0.4) is 0 Å². The lowest BCUT2D eigenvalue weighted by Crippen LogP contribution is -2.45. The van der Waals surface area contributed by atoms with Crippen LogP contribution in [-0.4, -0.2) is 40.3 Å². The molecule has 0 atom stereocenters. The van der Waals surface area contributed by atoms with Gasteiger partial charge in [0.25, 0.3) is 5.91 Å². The molecule has 2 aliphatic rings. The second-order valence-corrected chi connectivity index (χ2v) is 7.36. The van der Waals surface area contributed by atoms with Crippen LogP contribution in [0.15, 0.2) is 18.2 Å². The number of carbonyl (C=O) groups is 2. The number of nitrogens with zero attached hydrogens (tertiary/aromatic N) is 2. The lowest BCUT2D eigenvalue weighted by Gasteiger charge is -2.30. The Kier molecular flexibility index (Phi) is 3.86. The van der Waals surface area contributed by atoms with E-state index in [0.29, 0.717) is 24.4 Å². The van der Waals surface area contributed by atoms with E-state index in [0.717, 1.165) is 12.8 Å². The minimum Gasteiger partial charge on any atom is -0.461 e. The van der Waals surface area contributed by atoms with Crippen LogP contribution >= 0.6 is 0 Å². The van der Waals surface area contributed by atoms with E-state index >= 15 is 0 Å². The summed E-state index contributed by atoms with van der Waals surface area (Å²) in [5.41, 5.74) is 3.72. The number of amidine groups is 1. The highest BCUT2D eigenvalue weighted by Crippen LogP contribution is 2.39. The van der Waals surface area contributed by atoms with Gasteiger partial charge in [0.05, 0.1) is 0 Å². The van der Waals surface area contributed by atoms with Crippen molar-refractivity contribution in [1.29, 1.82) is 5.41 Å². The molecule has 128 valence electrons. The Morgan fingerprint density at radius 1 is 1.38 bits per heavy atom. The standard InChI is InChI=1S/C18H23N3O3/c1-11(10-24-12(2)22)16(19)21-6-5-20-14(17(21)23)7-13-8-18(3,4)9-15(13)20/h7,19H,1,5-6,8-10H2,2-4H3. The Hall–Kier alpha value is -2.37. The number of nitrogens with one attached hydrogen (secondary N) is 1. The first-order chi connectivity index (χ1) is 11.2. The molecule has 1 aliphatic carbocycles. The van der Waals surface area contributed by atoms with Gasteiger partial charge in [0.2, 0.25) is 0 Å². The summed E-state index contributed by atoms with van der Waals surface area (Å²) in [6, 6.07) is 1.97. The van der Waals surface area contributed by atoms with E-state index < -0.39 is 5.97 Å². The second kappa shape index (κ2) is 5.61. The number of fused-ring (bicyclic) bond motifs is 3. The molecule has 0 fully saturated rings. The van der Waals surface area contributed by atoms with E-state index in [1.165, 1.54) is 23.1 Å². The van der Waals surface area contributed by atoms with E-state index in [1.54, 1.807) is 0 Å². The summed E-state index contributed by atoms with van der Waals surface area (Å²) in [5, 5.41) is 8.19. The van der Waals surface area contributed by atoms with Gasteiger partial charge in [-0.25, -0.2) is 0 Å². The first-order valence-corrected chi connectivity index (χ1v) is 8.13. The van der Waals surface area contributed by atoms with Crippen molar-refractivity contribution in [2.75, 3.05) is 13.2 Å². The average molecular weight is 329 g/mol. The summed E-state index contributed by atoms with van der Waals surface area (Å²) in [4.78, 5) is 25.1. The van der Waals surface area contributed by atoms with Crippen molar-refractivity contribution in [2.24, 2.45) is 5.41 Å². The maximum Gasteiger partial charge on any atom is 0.302 e. The molecule has 0 bridgehead atoms. The second-order valence-electron chi connectivity index (χ2n) is 7.36. The molecular formula is C18H23N3O3. The van der Waals surface area contributed by atoms with E-state index in [4.69, 9.17) is 10.1 Å². The fourth-order valence-electron chi connectivity index (χ4n) is 3.57. The predicted octanol–water partition coefficient (Wildman–Crippen LogP) is 2.17. The highest BCUT2D eigenvalue weighted by Gasteiger charge is 2.37. The van der Waals surface area contributed by atoms with E-state index in [2.05, 4.69) is 25.0 Å². The SMILES string of the molecule is C=C(COC(C)=O)C(=N)N1CCn2c(cc3c2CC(C)(C)C3)C1=O. The molecule has 1 aliphatic heterocycles. The normalized spacial score (nSPS) is 18.1. The summed E-state index contributed by atoms with van der Waals surface area (Å²) in [7, 11) is 0. The number of esters is 1. The first kappa shape index (κ1) is 16.5. The van der Waals surface area contributed by atoms with Crippen molar-refractivity contribution in [1.82, 2.24) is 9.47 Å². The van der Waals surface area contributed by atoms with Gasteiger partial charge in [0.15, 0.2) is 0 Å². The molecule has 0 spiro atoms. The molecular weight excluding hydrogens is 306 g/mol. The number of ether oxygens (including phenoxy) is 1. The van der Waals surface area contributed by atoms with Crippen molar-refractivity contribution in [3.8, 4) is 0 Å². The Labute approximate surface area is 141 Å². The fraction of sp³-hybridized carbons (Fsp3) is 0.500. The van der Waals surface area contributed by atoms with Crippen molar-refractivity contribution >= 4 is 17.7 Å². The highest BCUT2D eigenvalue weighted by molar-refractivity contribution is 6.11. The van der Waals surface area contributed by atoms with Crippen molar-refractivity contribution in [3.63, 3.8) is 0 Å². The van der Waals surface area contributed by atoms with Crippen LogP contribution in [0.5, 0.6) is 0 Å². The Bertz CT molecular complexity index is 758. The largest absolute Gasteiger partial charge is 0.461 e. The smallest absolute Gasteiger partial charge is 0.302 e. The van der Waals surface area contributed by atoms with Crippen LogP contribution in [0, 0.1) is 10.8 Å². The van der Waals surface area contributed by atoms with Crippen molar-refractivity contribution in [3.05, 3.63) is 35.2 Å². The zero-order valence-corrected chi connectivity index (χ0v) is 14.4. The van der Waals surface area contributed by atoms with Crippen LogP contribution in [0.25, 0.3) is 0 Å². The highest BCUT2D eigenvalue weighted by atomic mass is 16.5. The van der Waals surface area contributed by atoms with Gasteiger partial charge in [0, 0.05) is 31.3 Å². The number of rotatable bonds is 3. The van der Waals surface area contributed by atoms with Crippen LogP contribution < -0.4 is 0 Å². The summed E-state index contributed by atoms with van der Waals surface area (Å²) in [5.74, 6) is -0.585. The van der Waals surface area contributed by atoms with Gasteiger partial charge in [-0.15, -0.1) is 0 Å². The van der Waals surface area contributed by atoms with Gasteiger partial charge >= 0.3 is 5.97 Å². The molecule has 6 heteroatoms. The molecule has 2 heterocycles. The zero-order chi connectivity index (χ0) is 17.6. The van der Waals surface area contributed by atoms with Crippen LogP contribution in [0.1, 0.15) is 42.5 Å². The molecule has 0 unspecified atom stereocenters. The Morgan fingerprint density at radius 2 is 2.08 bits per heavy atom. The molecule has 1 amide bonds. The topological polar surface area (TPSA) is 75.4 Å². The number of carbonyl (C=O) groups excluding carboxylic acids is 2. The molecule has 3 rings (SSSR count). The number of hydrogen-bond donors (Lipinski definition) is 1. The monoisotopic (exact) mass is 329 g/mol. The Morgan fingerprint density at radius 3 is 2.75 bits per heavy atom. The van der Waals surface area contributed by atoms with E-state index in [-0.39, 0.29) is 23.8 Å². The molecule has 24 heavy (non-hydrogen) atoms. The van der Waals surface area contributed by atoms with Crippen molar-refractivity contribution in [2.45, 2.75) is 40.2 Å². The van der Waals surface area contributed by atoms with Gasteiger partial charge in [-0.3, -0.25) is 19.9 Å². The maximum absolute atomic E-state index is 12.8. The minimum absolute atomic E-state index is 0.0224. The van der Waals surface area contributed by atoms with Crippen LogP contribution in [0.2, 0.25) is 0 Å². The third-order valence-electron chi connectivity index (χ3n) is 4.68. The first-order valence-electron chi connectivity index (χ1n) is 8.13. The summed E-state index contributed by atoms with van der Waals surface area (Å²) >= 11 is 0. The number of hydrogen-bond acceptors (Lipinski definition) is 4. The van der Waals surface area contributed by atoms with Gasteiger partial charge in [0.1, 0.15) is 18.1 Å². The van der Waals surface area contributed by atoms with Gasteiger partial charge in [-0.05, 0) is 29.9 Å². The maximum atomic E-state index is 12.8. The lowest BCUT2D eigenvalue weighted by molar-refractivity contribution is -0.139. The predicted molar refractivity (Wildman–Crippen MR) is 90.2 cm³/mol.